The van der Waals surface area contributed by atoms with Crippen LogP contribution in [0.4, 0.5) is 0 Å². The van der Waals surface area contributed by atoms with Gasteiger partial charge in [0.15, 0.2) is 0 Å². The molecular weight excluding hydrogens is 240 g/mol. The lowest BCUT2D eigenvalue weighted by molar-refractivity contribution is -0.121. The van der Waals surface area contributed by atoms with Crippen LogP contribution in [0.15, 0.2) is 24.3 Å². The summed E-state index contributed by atoms with van der Waals surface area (Å²) in [5.41, 5.74) is 1.09. The maximum Gasteiger partial charge on any atom is 0.220 e. The minimum atomic E-state index is 0.125. The van der Waals surface area contributed by atoms with Crippen molar-refractivity contribution in [1.82, 2.24) is 10.6 Å². The Bertz CT molecular complexity index is 414. The van der Waals surface area contributed by atoms with Gasteiger partial charge in [-0.1, -0.05) is 18.2 Å². The molecule has 0 radical (unpaired) electrons. The van der Waals surface area contributed by atoms with Gasteiger partial charge in [0, 0.05) is 19.0 Å². The van der Waals surface area contributed by atoms with Crippen molar-refractivity contribution < 1.29 is 9.53 Å². The molecule has 1 atom stereocenters. The molecular formula is C15H22N2O2. The van der Waals surface area contributed by atoms with Crippen LogP contribution in [0.5, 0.6) is 5.75 Å². The Balaban J connectivity index is 1.79. The van der Waals surface area contributed by atoms with E-state index in [4.69, 9.17) is 4.74 Å². The van der Waals surface area contributed by atoms with Crippen LogP contribution in [-0.4, -0.2) is 32.1 Å². The molecule has 1 aromatic carbocycles. The molecule has 4 nitrogen and oxygen atoms in total. The van der Waals surface area contributed by atoms with Crippen LogP contribution in [-0.2, 0) is 11.2 Å². The number of hydrogen-bond donors (Lipinski definition) is 2. The average Bonchev–Trinajstić information content (AvgIpc) is 2.46. The molecule has 1 fully saturated rings. The Morgan fingerprint density at radius 3 is 3.05 bits per heavy atom. The smallest absolute Gasteiger partial charge is 0.220 e. The molecule has 1 amide bonds. The third-order valence-electron chi connectivity index (χ3n) is 3.48. The molecule has 0 aromatic heterocycles. The van der Waals surface area contributed by atoms with Crippen molar-refractivity contribution in [3.63, 3.8) is 0 Å². The Morgan fingerprint density at radius 1 is 1.47 bits per heavy atom. The molecule has 0 bridgehead atoms. The highest BCUT2D eigenvalue weighted by atomic mass is 16.5. The Kier molecular flexibility index (Phi) is 5.21. The van der Waals surface area contributed by atoms with Gasteiger partial charge in [-0.25, -0.2) is 0 Å². The molecule has 1 aromatic rings. The van der Waals surface area contributed by atoms with Gasteiger partial charge in [0.2, 0.25) is 5.91 Å². The fourth-order valence-electron chi connectivity index (χ4n) is 2.43. The first-order valence-corrected chi connectivity index (χ1v) is 6.91. The minimum absolute atomic E-state index is 0.125. The van der Waals surface area contributed by atoms with Crippen LogP contribution in [0.1, 0.15) is 24.8 Å². The second-order valence-corrected chi connectivity index (χ2v) is 4.92. The van der Waals surface area contributed by atoms with E-state index in [1.807, 2.05) is 24.3 Å². The largest absolute Gasteiger partial charge is 0.496 e. The molecule has 0 spiro atoms. The third kappa shape index (κ3) is 4.24. The average molecular weight is 262 g/mol. The molecule has 4 heteroatoms. The van der Waals surface area contributed by atoms with E-state index in [-0.39, 0.29) is 5.91 Å². The highest BCUT2D eigenvalue weighted by molar-refractivity contribution is 5.76. The Hall–Kier alpha value is -1.55. The summed E-state index contributed by atoms with van der Waals surface area (Å²) >= 11 is 0. The lowest BCUT2D eigenvalue weighted by atomic mass is 10.1. The lowest BCUT2D eigenvalue weighted by Crippen LogP contribution is -2.45. The van der Waals surface area contributed by atoms with Crippen LogP contribution < -0.4 is 15.4 Å². The third-order valence-corrected chi connectivity index (χ3v) is 3.48. The number of aryl methyl sites for hydroxylation is 1. The number of ether oxygens (including phenoxy) is 1. The van der Waals surface area contributed by atoms with Gasteiger partial charge < -0.3 is 15.4 Å². The summed E-state index contributed by atoms with van der Waals surface area (Å²) < 4.78 is 5.29. The van der Waals surface area contributed by atoms with Crippen molar-refractivity contribution in [3.8, 4) is 5.75 Å². The van der Waals surface area contributed by atoms with Crippen molar-refractivity contribution in [1.29, 1.82) is 0 Å². The molecule has 104 valence electrons. The highest BCUT2D eigenvalue weighted by Crippen LogP contribution is 2.18. The molecule has 1 heterocycles. The molecule has 0 unspecified atom stereocenters. The van der Waals surface area contributed by atoms with Crippen LogP contribution in [0.2, 0.25) is 0 Å². The fourth-order valence-corrected chi connectivity index (χ4v) is 2.43. The molecule has 2 N–H and O–H groups in total. The molecule has 0 saturated carbocycles. The second kappa shape index (κ2) is 7.14. The van der Waals surface area contributed by atoms with E-state index in [2.05, 4.69) is 10.6 Å². The number of benzene rings is 1. The van der Waals surface area contributed by atoms with Crippen molar-refractivity contribution >= 4 is 5.91 Å². The van der Waals surface area contributed by atoms with Gasteiger partial charge in [-0.15, -0.1) is 0 Å². The Morgan fingerprint density at radius 2 is 2.32 bits per heavy atom. The topological polar surface area (TPSA) is 50.4 Å². The predicted octanol–water partition coefficient (Wildman–Crippen LogP) is 1.50. The number of hydrogen-bond acceptors (Lipinski definition) is 3. The van der Waals surface area contributed by atoms with Gasteiger partial charge in [-0.2, -0.15) is 0 Å². The van der Waals surface area contributed by atoms with Gasteiger partial charge in [0.1, 0.15) is 5.75 Å². The summed E-state index contributed by atoms with van der Waals surface area (Å²) in [7, 11) is 1.66. The standard InChI is InChI=1S/C15H22N2O2/c1-19-14-7-3-2-5-12(14)8-9-15(18)17-13-6-4-10-16-11-13/h2-3,5,7,13,16H,4,6,8-11H2,1H3,(H,17,18)/t13-/m0/s1. The monoisotopic (exact) mass is 262 g/mol. The summed E-state index contributed by atoms with van der Waals surface area (Å²) in [6.45, 7) is 1.95. The second-order valence-electron chi connectivity index (χ2n) is 4.92. The fraction of sp³-hybridized carbons (Fsp3) is 0.533. The number of piperidine rings is 1. The summed E-state index contributed by atoms with van der Waals surface area (Å²) in [4.78, 5) is 11.9. The maximum atomic E-state index is 11.9. The van der Waals surface area contributed by atoms with E-state index < -0.39 is 0 Å². The van der Waals surface area contributed by atoms with Crippen molar-refractivity contribution in [2.24, 2.45) is 0 Å². The first-order chi connectivity index (χ1) is 9.29. The zero-order valence-electron chi connectivity index (χ0n) is 11.4. The zero-order valence-corrected chi connectivity index (χ0v) is 11.4. The van der Waals surface area contributed by atoms with Gasteiger partial charge in [0.05, 0.1) is 7.11 Å². The van der Waals surface area contributed by atoms with Crippen LogP contribution in [0.3, 0.4) is 0 Å². The first-order valence-electron chi connectivity index (χ1n) is 6.91. The zero-order chi connectivity index (χ0) is 13.5. The van der Waals surface area contributed by atoms with Gasteiger partial charge >= 0.3 is 0 Å². The number of para-hydroxylation sites is 1. The molecule has 2 rings (SSSR count). The van der Waals surface area contributed by atoms with Crippen molar-refractivity contribution in [2.45, 2.75) is 31.7 Å². The molecule has 1 saturated heterocycles. The normalized spacial score (nSPS) is 18.9. The molecule has 19 heavy (non-hydrogen) atoms. The van der Waals surface area contributed by atoms with Crippen molar-refractivity contribution in [3.05, 3.63) is 29.8 Å². The van der Waals surface area contributed by atoms with Gasteiger partial charge in [-0.05, 0) is 37.4 Å². The van der Waals surface area contributed by atoms with Gasteiger partial charge in [-0.3, -0.25) is 4.79 Å². The SMILES string of the molecule is COc1ccccc1CCC(=O)N[C@H]1CCCNC1. The van der Waals surface area contributed by atoms with E-state index in [1.165, 1.54) is 0 Å². The minimum Gasteiger partial charge on any atom is -0.496 e. The summed E-state index contributed by atoms with van der Waals surface area (Å²) in [5.74, 6) is 0.981. The van der Waals surface area contributed by atoms with Crippen molar-refractivity contribution in [2.75, 3.05) is 20.2 Å². The number of carbonyl (C=O) groups excluding carboxylic acids is 1. The number of nitrogens with one attached hydrogen (secondary N) is 2. The number of methoxy groups -OCH3 is 1. The predicted molar refractivity (Wildman–Crippen MR) is 75.3 cm³/mol. The van der Waals surface area contributed by atoms with Crippen LogP contribution in [0.25, 0.3) is 0 Å². The lowest BCUT2D eigenvalue weighted by Gasteiger charge is -2.23. The maximum absolute atomic E-state index is 11.9. The van der Waals surface area contributed by atoms with E-state index in [1.54, 1.807) is 7.11 Å². The van der Waals surface area contributed by atoms with E-state index in [0.29, 0.717) is 12.5 Å². The number of rotatable bonds is 5. The van der Waals surface area contributed by atoms with E-state index >= 15 is 0 Å². The summed E-state index contributed by atoms with van der Waals surface area (Å²) in [5, 5.41) is 6.38. The number of amides is 1. The summed E-state index contributed by atoms with van der Waals surface area (Å²) in [6.07, 6.45) is 3.44. The molecule has 1 aliphatic heterocycles. The highest BCUT2D eigenvalue weighted by Gasteiger charge is 2.15. The van der Waals surface area contributed by atoms with E-state index in [9.17, 15) is 4.79 Å². The van der Waals surface area contributed by atoms with Crippen LogP contribution in [0, 0.1) is 0 Å². The quantitative estimate of drug-likeness (QED) is 0.845. The van der Waals surface area contributed by atoms with Crippen LogP contribution >= 0.6 is 0 Å². The Labute approximate surface area is 114 Å². The molecule has 0 aliphatic carbocycles. The molecule has 1 aliphatic rings. The van der Waals surface area contributed by atoms with Gasteiger partial charge in [0.25, 0.3) is 0 Å². The first kappa shape index (κ1) is 13.9. The van der Waals surface area contributed by atoms with E-state index in [0.717, 1.165) is 43.7 Å². The summed E-state index contributed by atoms with van der Waals surface area (Å²) in [6, 6.07) is 8.14. The number of carbonyl (C=O) groups is 1.